The van der Waals surface area contributed by atoms with Crippen molar-refractivity contribution in [3.8, 4) is 0 Å². The van der Waals surface area contributed by atoms with E-state index in [9.17, 15) is 14.7 Å². The van der Waals surface area contributed by atoms with Gasteiger partial charge >= 0.3 is 0 Å². The molecule has 7 nitrogen and oxygen atoms in total. The van der Waals surface area contributed by atoms with Crippen LogP contribution in [0.3, 0.4) is 0 Å². The minimum Gasteiger partial charge on any atom is -0.390 e. The molecule has 0 bridgehead atoms. The second-order valence-corrected chi connectivity index (χ2v) is 7.15. The topological polar surface area (TPSA) is 110 Å². The average Bonchev–Trinajstić information content (AvgIpc) is 3.30. The lowest BCUT2D eigenvalue weighted by atomic mass is 9.86. The Morgan fingerprint density at radius 1 is 1.46 bits per heavy atom. The summed E-state index contributed by atoms with van der Waals surface area (Å²) in [7, 11) is 0. The Morgan fingerprint density at radius 3 is 2.71 bits per heavy atom. The van der Waals surface area contributed by atoms with Crippen molar-refractivity contribution in [1.29, 1.82) is 0 Å². The molecule has 1 saturated heterocycles. The molecule has 2 heterocycles. The second-order valence-electron chi connectivity index (χ2n) is 7.15. The Kier molecular flexibility index (Phi) is 4.73. The van der Waals surface area contributed by atoms with Crippen molar-refractivity contribution in [2.75, 3.05) is 13.1 Å². The summed E-state index contributed by atoms with van der Waals surface area (Å²) >= 11 is 0. The number of amides is 1. The summed E-state index contributed by atoms with van der Waals surface area (Å²) in [6, 6.07) is 1.21. The fourth-order valence-electron chi connectivity index (χ4n) is 3.14. The van der Waals surface area contributed by atoms with Crippen molar-refractivity contribution in [3.63, 3.8) is 0 Å². The van der Waals surface area contributed by atoms with Crippen LogP contribution in [-0.2, 0) is 4.79 Å². The molecular weight excluding hydrogens is 310 g/mol. The van der Waals surface area contributed by atoms with Gasteiger partial charge in [0.25, 0.3) is 0 Å². The molecule has 0 radical (unpaired) electrons. The van der Waals surface area contributed by atoms with Crippen molar-refractivity contribution in [2.45, 2.75) is 63.0 Å². The van der Waals surface area contributed by atoms with Crippen molar-refractivity contribution < 1.29 is 19.2 Å². The van der Waals surface area contributed by atoms with E-state index in [1.807, 2.05) is 0 Å². The number of nitrogens with two attached hydrogens (primary N) is 1. The zero-order valence-corrected chi connectivity index (χ0v) is 14.0. The van der Waals surface area contributed by atoms with E-state index in [1.165, 1.54) is 0 Å². The van der Waals surface area contributed by atoms with Gasteiger partial charge in [0.05, 0.1) is 11.6 Å². The first-order valence-corrected chi connectivity index (χ1v) is 8.64. The number of aliphatic hydroxyl groups is 1. The Bertz CT molecular complexity index is 613. The molecule has 1 atom stereocenters. The number of Topliss-reactive ketones (excluding diaryl/α,β-unsaturated/α-hetero) is 1. The van der Waals surface area contributed by atoms with E-state index in [1.54, 1.807) is 17.9 Å². The lowest BCUT2D eigenvalue weighted by Crippen LogP contribution is -2.50. The van der Waals surface area contributed by atoms with Gasteiger partial charge in [-0.05, 0) is 39.0 Å². The number of nitrogens with zero attached hydrogens (tertiary/aromatic N) is 2. The van der Waals surface area contributed by atoms with Crippen LogP contribution in [0.1, 0.15) is 67.6 Å². The molecule has 1 aliphatic heterocycles. The number of hydrogen-bond donors (Lipinski definition) is 2. The second kappa shape index (κ2) is 6.64. The van der Waals surface area contributed by atoms with Crippen LogP contribution in [0.15, 0.2) is 10.6 Å². The van der Waals surface area contributed by atoms with Gasteiger partial charge in [0.2, 0.25) is 5.91 Å². The molecule has 1 saturated carbocycles. The van der Waals surface area contributed by atoms with E-state index in [4.69, 9.17) is 10.3 Å². The maximum atomic E-state index is 12.2. The van der Waals surface area contributed by atoms with Crippen LogP contribution in [0.5, 0.6) is 0 Å². The van der Waals surface area contributed by atoms with Crippen LogP contribution < -0.4 is 5.73 Å². The highest BCUT2D eigenvalue weighted by Gasteiger charge is 2.35. The number of hydrogen-bond acceptors (Lipinski definition) is 6. The molecule has 1 amide bonds. The SMILES string of the molecule is C[C@H](N)C(=O)N1CCC(O)(CCC(=O)c2cc(C3CC3)on2)CC1. The summed E-state index contributed by atoms with van der Waals surface area (Å²) in [6.07, 6.45) is 3.72. The highest BCUT2D eigenvalue weighted by Crippen LogP contribution is 2.40. The Labute approximate surface area is 141 Å². The minimum atomic E-state index is -0.909. The van der Waals surface area contributed by atoms with Gasteiger partial charge in [-0.15, -0.1) is 0 Å². The quantitative estimate of drug-likeness (QED) is 0.756. The highest BCUT2D eigenvalue weighted by atomic mass is 16.5. The normalized spacial score (nSPS) is 21.5. The van der Waals surface area contributed by atoms with Crippen molar-refractivity contribution >= 4 is 11.7 Å². The maximum Gasteiger partial charge on any atom is 0.239 e. The van der Waals surface area contributed by atoms with Gasteiger partial charge in [0.15, 0.2) is 5.78 Å². The minimum absolute atomic E-state index is 0.0941. The van der Waals surface area contributed by atoms with Gasteiger partial charge in [-0.25, -0.2) is 0 Å². The van der Waals surface area contributed by atoms with E-state index in [2.05, 4.69) is 5.16 Å². The lowest BCUT2D eigenvalue weighted by molar-refractivity contribution is -0.136. The fourth-order valence-corrected chi connectivity index (χ4v) is 3.14. The zero-order chi connectivity index (χ0) is 17.3. The molecule has 1 aliphatic carbocycles. The number of likely N-dealkylation sites (tertiary alicyclic amines) is 1. The summed E-state index contributed by atoms with van der Waals surface area (Å²) in [4.78, 5) is 25.8. The van der Waals surface area contributed by atoms with Crippen LogP contribution >= 0.6 is 0 Å². The third kappa shape index (κ3) is 3.84. The smallest absolute Gasteiger partial charge is 0.239 e. The average molecular weight is 335 g/mol. The standard InChI is InChI=1S/C17H25N3O4/c1-11(18)16(22)20-8-6-17(23,7-9-20)5-4-14(21)13-10-15(24-19-13)12-2-3-12/h10-12,23H,2-9,18H2,1H3/t11-/m0/s1. The number of aromatic nitrogens is 1. The number of carbonyl (C=O) groups is 2. The first-order valence-electron chi connectivity index (χ1n) is 8.64. The van der Waals surface area contributed by atoms with Crippen LogP contribution in [0.4, 0.5) is 0 Å². The van der Waals surface area contributed by atoms with Gasteiger partial charge in [-0.2, -0.15) is 0 Å². The summed E-state index contributed by atoms with van der Waals surface area (Å²) in [5, 5.41) is 14.5. The molecule has 7 heteroatoms. The molecule has 0 spiro atoms. The number of piperidine rings is 1. The zero-order valence-electron chi connectivity index (χ0n) is 14.0. The van der Waals surface area contributed by atoms with Gasteiger partial charge in [-0.1, -0.05) is 5.16 Å². The summed E-state index contributed by atoms with van der Waals surface area (Å²) in [5.41, 5.74) is 5.05. The molecular formula is C17H25N3O4. The Morgan fingerprint density at radius 2 is 2.12 bits per heavy atom. The Balaban J connectivity index is 1.48. The van der Waals surface area contributed by atoms with Gasteiger partial charge in [-0.3, -0.25) is 9.59 Å². The predicted octanol–water partition coefficient (Wildman–Crippen LogP) is 1.22. The third-order valence-corrected chi connectivity index (χ3v) is 5.01. The van der Waals surface area contributed by atoms with Gasteiger partial charge in [0, 0.05) is 31.5 Å². The number of carbonyl (C=O) groups excluding carboxylic acids is 2. The van der Waals surface area contributed by atoms with E-state index in [0.717, 1.165) is 18.6 Å². The summed E-state index contributed by atoms with van der Waals surface area (Å²) in [5.74, 6) is 1.02. The molecule has 0 aromatic carbocycles. The monoisotopic (exact) mass is 335 g/mol. The molecule has 3 rings (SSSR count). The predicted molar refractivity (Wildman–Crippen MR) is 86.5 cm³/mol. The fraction of sp³-hybridized carbons (Fsp3) is 0.706. The first kappa shape index (κ1) is 17.1. The maximum absolute atomic E-state index is 12.2. The molecule has 2 fully saturated rings. The lowest BCUT2D eigenvalue weighted by Gasteiger charge is -2.38. The van der Waals surface area contributed by atoms with Gasteiger partial charge < -0.3 is 20.3 Å². The third-order valence-electron chi connectivity index (χ3n) is 5.01. The first-order chi connectivity index (χ1) is 11.4. The van der Waals surface area contributed by atoms with Crippen molar-refractivity contribution in [1.82, 2.24) is 10.1 Å². The Hall–Kier alpha value is -1.73. The molecule has 3 N–H and O–H groups in total. The van der Waals surface area contributed by atoms with Crippen molar-refractivity contribution in [3.05, 3.63) is 17.5 Å². The summed E-state index contributed by atoms with van der Waals surface area (Å²) in [6.45, 7) is 2.61. The van der Waals surface area contributed by atoms with Crippen LogP contribution in [0.25, 0.3) is 0 Å². The van der Waals surface area contributed by atoms with Crippen LogP contribution in [-0.4, -0.2) is 51.6 Å². The van der Waals surface area contributed by atoms with Crippen LogP contribution in [0, 0.1) is 0 Å². The highest BCUT2D eigenvalue weighted by molar-refractivity contribution is 5.94. The summed E-state index contributed by atoms with van der Waals surface area (Å²) < 4.78 is 5.20. The molecule has 132 valence electrons. The number of rotatable bonds is 6. The molecule has 1 aromatic rings. The van der Waals surface area contributed by atoms with Crippen molar-refractivity contribution in [2.24, 2.45) is 5.73 Å². The van der Waals surface area contributed by atoms with E-state index < -0.39 is 11.6 Å². The van der Waals surface area contributed by atoms with Gasteiger partial charge in [0.1, 0.15) is 11.5 Å². The molecule has 24 heavy (non-hydrogen) atoms. The van der Waals surface area contributed by atoms with Crippen LogP contribution in [0.2, 0.25) is 0 Å². The van der Waals surface area contributed by atoms with E-state index in [-0.39, 0.29) is 18.1 Å². The number of ketones is 1. The largest absolute Gasteiger partial charge is 0.390 e. The molecule has 2 aliphatic rings. The molecule has 0 unspecified atom stereocenters. The molecule has 1 aromatic heterocycles. The van der Waals surface area contributed by atoms with E-state index >= 15 is 0 Å². The van der Waals surface area contributed by atoms with E-state index in [0.29, 0.717) is 44.0 Å².